The molecule has 2 rings (SSSR count). The molecule has 0 aliphatic heterocycles. The van der Waals surface area contributed by atoms with Crippen molar-refractivity contribution in [1.29, 1.82) is 0 Å². The zero-order chi connectivity index (χ0) is 15.6. The van der Waals surface area contributed by atoms with Gasteiger partial charge in [0.15, 0.2) is 0 Å². The Labute approximate surface area is 126 Å². The quantitative estimate of drug-likeness (QED) is 0.928. The van der Waals surface area contributed by atoms with Gasteiger partial charge >= 0.3 is 0 Å². The fourth-order valence-corrected chi connectivity index (χ4v) is 4.79. The van der Waals surface area contributed by atoms with Gasteiger partial charge in [-0.1, -0.05) is 13.0 Å². The summed E-state index contributed by atoms with van der Waals surface area (Å²) in [6.45, 7) is 3.89. The second kappa shape index (κ2) is 6.42. The first-order valence-electron chi connectivity index (χ1n) is 7.39. The lowest BCUT2D eigenvalue weighted by molar-refractivity contribution is 0.246. The van der Waals surface area contributed by atoms with Crippen LogP contribution in [-0.4, -0.2) is 31.4 Å². The summed E-state index contributed by atoms with van der Waals surface area (Å²) in [6, 6.07) is 4.26. The molecule has 0 bridgehead atoms. The zero-order valence-electron chi connectivity index (χ0n) is 12.5. The Hall–Kier alpha value is -0.980. The van der Waals surface area contributed by atoms with Crippen LogP contribution in [0.15, 0.2) is 23.1 Å². The highest BCUT2D eigenvalue weighted by molar-refractivity contribution is 7.89. The van der Waals surface area contributed by atoms with Gasteiger partial charge in [-0.2, -0.15) is 4.31 Å². The average molecular weight is 314 g/mol. The molecule has 0 spiro atoms. The molecule has 0 aromatic heterocycles. The Bertz CT molecular complexity index is 596. The number of halogens is 1. The first-order valence-corrected chi connectivity index (χ1v) is 8.83. The first-order chi connectivity index (χ1) is 9.86. The third kappa shape index (κ3) is 3.44. The standard InChI is InChI=1S/C15H23FN2O2S/c1-3-18(13-7-5-12(17)6-8-13)21(19,20)15-10-11(2)4-9-14(15)16/h4,9-10,12-13H,3,5-8,17H2,1-2H3. The predicted molar refractivity (Wildman–Crippen MR) is 80.9 cm³/mol. The summed E-state index contributed by atoms with van der Waals surface area (Å²) in [5.74, 6) is -0.688. The Morgan fingerprint density at radius 1 is 1.29 bits per heavy atom. The van der Waals surface area contributed by atoms with Crippen molar-refractivity contribution >= 4 is 10.0 Å². The maximum atomic E-state index is 14.0. The van der Waals surface area contributed by atoms with Crippen molar-refractivity contribution in [1.82, 2.24) is 4.31 Å². The van der Waals surface area contributed by atoms with Crippen LogP contribution in [0.2, 0.25) is 0 Å². The highest BCUT2D eigenvalue weighted by Gasteiger charge is 2.34. The minimum Gasteiger partial charge on any atom is -0.328 e. The summed E-state index contributed by atoms with van der Waals surface area (Å²) in [7, 11) is -3.80. The van der Waals surface area contributed by atoms with Crippen molar-refractivity contribution < 1.29 is 12.8 Å². The third-order valence-electron chi connectivity index (χ3n) is 4.13. The first kappa shape index (κ1) is 16.4. The predicted octanol–water partition coefficient (Wildman–Crippen LogP) is 2.41. The molecule has 6 heteroatoms. The molecule has 0 atom stereocenters. The molecule has 118 valence electrons. The van der Waals surface area contributed by atoms with Crippen LogP contribution in [0.5, 0.6) is 0 Å². The van der Waals surface area contributed by atoms with E-state index in [1.165, 1.54) is 16.4 Å². The van der Waals surface area contributed by atoms with E-state index in [9.17, 15) is 12.8 Å². The van der Waals surface area contributed by atoms with Crippen LogP contribution < -0.4 is 5.73 Å². The summed E-state index contributed by atoms with van der Waals surface area (Å²) >= 11 is 0. The van der Waals surface area contributed by atoms with Crippen molar-refractivity contribution in [3.05, 3.63) is 29.6 Å². The number of aryl methyl sites for hydroxylation is 1. The van der Waals surface area contributed by atoms with E-state index in [1.807, 2.05) is 0 Å². The normalized spacial score (nSPS) is 23.5. The minimum absolute atomic E-state index is 0.0836. The molecular weight excluding hydrogens is 291 g/mol. The van der Waals surface area contributed by atoms with Crippen LogP contribution in [-0.2, 0) is 10.0 Å². The van der Waals surface area contributed by atoms with Gasteiger partial charge in [0.05, 0.1) is 0 Å². The molecule has 1 aliphatic carbocycles. The summed E-state index contributed by atoms with van der Waals surface area (Å²) in [5.41, 5.74) is 6.61. The molecular formula is C15H23FN2O2S. The van der Waals surface area contributed by atoms with E-state index in [4.69, 9.17) is 5.73 Å². The number of hydrogen-bond acceptors (Lipinski definition) is 3. The number of nitrogens with zero attached hydrogens (tertiary/aromatic N) is 1. The van der Waals surface area contributed by atoms with E-state index in [0.717, 1.165) is 31.2 Å². The van der Waals surface area contributed by atoms with E-state index in [0.29, 0.717) is 6.54 Å². The Kier molecular flexibility index (Phi) is 5.01. The zero-order valence-corrected chi connectivity index (χ0v) is 13.4. The number of nitrogens with two attached hydrogens (primary N) is 1. The highest BCUT2D eigenvalue weighted by Crippen LogP contribution is 2.28. The fourth-order valence-electron chi connectivity index (χ4n) is 2.95. The van der Waals surface area contributed by atoms with Crippen LogP contribution in [0, 0.1) is 12.7 Å². The Morgan fingerprint density at radius 2 is 1.90 bits per heavy atom. The lowest BCUT2D eigenvalue weighted by atomic mass is 9.92. The van der Waals surface area contributed by atoms with Crippen LogP contribution in [0.1, 0.15) is 38.2 Å². The summed E-state index contributed by atoms with van der Waals surface area (Å²) in [5, 5.41) is 0. The summed E-state index contributed by atoms with van der Waals surface area (Å²) in [4.78, 5) is -0.223. The molecule has 2 N–H and O–H groups in total. The molecule has 1 aromatic rings. The van der Waals surface area contributed by atoms with E-state index < -0.39 is 15.8 Å². The Balaban J connectivity index is 2.33. The van der Waals surface area contributed by atoms with Crippen LogP contribution in [0.25, 0.3) is 0 Å². The van der Waals surface area contributed by atoms with Crippen LogP contribution in [0.3, 0.4) is 0 Å². The Morgan fingerprint density at radius 3 is 2.48 bits per heavy atom. The van der Waals surface area contributed by atoms with E-state index in [-0.39, 0.29) is 17.0 Å². The maximum Gasteiger partial charge on any atom is 0.246 e. The molecule has 0 radical (unpaired) electrons. The molecule has 1 fully saturated rings. The SMILES string of the molecule is CCN(C1CCC(N)CC1)S(=O)(=O)c1cc(C)ccc1F. The van der Waals surface area contributed by atoms with Gasteiger partial charge in [0, 0.05) is 18.6 Å². The summed E-state index contributed by atoms with van der Waals surface area (Å²) in [6.07, 6.45) is 3.10. The van der Waals surface area contributed by atoms with Gasteiger partial charge in [-0.25, -0.2) is 12.8 Å². The van der Waals surface area contributed by atoms with Crippen molar-refractivity contribution in [3.8, 4) is 0 Å². The number of hydrogen-bond donors (Lipinski definition) is 1. The van der Waals surface area contributed by atoms with E-state index in [2.05, 4.69) is 0 Å². The van der Waals surface area contributed by atoms with Crippen molar-refractivity contribution in [2.45, 2.75) is 56.5 Å². The largest absolute Gasteiger partial charge is 0.328 e. The van der Waals surface area contributed by atoms with Gasteiger partial charge in [0.1, 0.15) is 10.7 Å². The number of rotatable bonds is 4. The van der Waals surface area contributed by atoms with Crippen molar-refractivity contribution in [3.63, 3.8) is 0 Å². The van der Waals surface area contributed by atoms with Crippen LogP contribution >= 0.6 is 0 Å². The number of benzene rings is 1. The van der Waals surface area contributed by atoms with E-state index >= 15 is 0 Å². The van der Waals surface area contributed by atoms with Crippen molar-refractivity contribution in [2.24, 2.45) is 5.73 Å². The second-order valence-electron chi connectivity index (χ2n) is 5.71. The molecule has 21 heavy (non-hydrogen) atoms. The molecule has 1 saturated carbocycles. The minimum atomic E-state index is -3.80. The lowest BCUT2D eigenvalue weighted by Crippen LogP contribution is -2.44. The summed E-state index contributed by atoms with van der Waals surface area (Å²) < 4.78 is 40.9. The smallest absolute Gasteiger partial charge is 0.246 e. The lowest BCUT2D eigenvalue weighted by Gasteiger charge is -2.34. The molecule has 4 nitrogen and oxygen atoms in total. The van der Waals surface area contributed by atoms with Gasteiger partial charge in [-0.05, 0) is 50.3 Å². The molecule has 0 amide bonds. The second-order valence-corrected chi connectivity index (χ2v) is 7.57. The molecule has 0 unspecified atom stereocenters. The molecule has 1 aliphatic rings. The molecule has 0 saturated heterocycles. The van der Waals surface area contributed by atoms with Crippen LogP contribution in [0.4, 0.5) is 4.39 Å². The van der Waals surface area contributed by atoms with Gasteiger partial charge in [0.2, 0.25) is 10.0 Å². The monoisotopic (exact) mass is 314 g/mol. The van der Waals surface area contributed by atoms with E-state index in [1.54, 1.807) is 19.9 Å². The van der Waals surface area contributed by atoms with Gasteiger partial charge in [-0.15, -0.1) is 0 Å². The average Bonchev–Trinajstić information content (AvgIpc) is 2.44. The fraction of sp³-hybridized carbons (Fsp3) is 0.600. The maximum absolute atomic E-state index is 14.0. The molecule has 0 heterocycles. The topological polar surface area (TPSA) is 63.4 Å². The van der Waals surface area contributed by atoms with Crippen molar-refractivity contribution in [2.75, 3.05) is 6.54 Å². The van der Waals surface area contributed by atoms with Gasteiger partial charge in [-0.3, -0.25) is 0 Å². The van der Waals surface area contributed by atoms with Gasteiger partial charge in [0.25, 0.3) is 0 Å². The highest BCUT2D eigenvalue weighted by atomic mass is 32.2. The van der Waals surface area contributed by atoms with Gasteiger partial charge < -0.3 is 5.73 Å². The molecule has 1 aromatic carbocycles. The number of sulfonamides is 1. The third-order valence-corrected chi connectivity index (χ3v) is 6.18.